The zero-order valence-corrected chi connectivity index (χ0v) is 12.3. The molecular formula is C14H25N5. The lowest BCUT2D eigenvalue weighted by Gasteiger charge is -2.28. The van der Waals surface area contributed by atoms with E-state index in [4.69, 9.17) is 0 Å². The summed E-state index contributed by atoms with van der Waals surface area (Å²) in [6.07, 6.45) is 4.72. The molecule has 0 saturated carbocycles. The van der Waals surface area contributed by atoms with Gasteiger partial charge in [-0.1, -0.05) is 13.3 Å². The third-order valence-electron chi connectivity index (χ3n) is 3.47. The van der Waals surface area contributed by atoms with Crippen molar-refractivity contribution < 1.29 is 0 Å². The van der Waals surface area contributed by atoms with Crippen LogP contribution in [0.3, 0.4) is 0 Å². The molecule has 0 aliphatic carbocycles. The molecule has 2 N–H and O–H groups in total. The van der Waals surface area contributed by atoms with Crippen LogP contribution in [0.4, 0.5) is 11.6 Å². The molecule has 106 valence electrons. The minimum atomic E-state index is 0.855. The molecule has 0 radical (unpaired) electrons. The minimum absolute atomic E-state index is 0.855. The number of nitrogens with one attached hydrogen (secondary N) is 2. The molecule has 0 atom stereocenters. The lowest BCUT2D eigenvalue weighted by molar-refractivity contribution is 0.272. The van der Waals surface area contributed by atoms with Crippen LogP contribution in [-0.2, 0) is 6.42 Å². The molecule has 5 heteroatoms. The number of piperidine rings is 1. The molecule has 0 aromatic carbocycles. The number of rotatable bonds is 5. The maximum Gasteiger partial charge on any atom is 0.149 e. The van der Waals surface area contributed by atoms with Crippen molar-refractivity contribution in [3.8, 4) is 0 Å². The predicted molar refractivity (Wildman–Crippen MR) is 79.4 cm³/mol. The zero-order valence-electron chi connectivity index (χ0n) is 12.3. The number of aromatic nitrogens is 2. The second-order valence-corrected chi connectivity index (χ2v) is 5.01. The number of hydrogen-bond acceptors (Lipinski definition) is 5. The van der Waals surface area contributed by atoms with Crippen LogP contribution in [0.1, 0.15) is 44.5 Å². The minimum Gasteiger partial charge on any atom is -0.370 e. The van der Waals surface area contributed by atoms with E-state index in [0.29, 0.717) is 0 Å². The van der Waals surface area contributed by atoms with Crippen molar-refractivity contribution in [3.63, 3.8) is 0 Å². The predicted octanol–water partition coefficient (Wildman–Crippen LogP) is 2.59. The summed E-state index contributed by atoms with van der Waals surface area (Å²) in [4.78, 5) is 9.18. The Bertz CT molecular complexity index is 413. The Balaban J connectivity index is 2.19. The molecule has 1 aliphatic rings. The van der Waals surface area contributed by atoms with E-state index in [1.54, 1.807) is 0 Å². The first kappa shape index (κ1) is 14.1. The van der Waals surface area contributed by atoms with Gasteiger partial charge >= 0.3 is 0 Å². The fraction of sp³-hybridized carbons (Fsp3) is 0.714. The third-order valence-corrected chi connectivity index (χ3v) is 3.47. The molecule has 0 amide bonds. The van der Waals surface area contributed by atoms with Crippen LogP contribution in [0, 0.1) is 6.92 Å². The summed E-state index contributed by atoms with van der Waals surface area (Å²) >= 11 is 0. The summed E-state index contributed by atoms with van der Waals surface area (Å²) in [5, 5.41) is 5.59. The lowest BCUT2D eigenvalue weighted by atomic mass is 10.2. The molecule has 19 heavy (non-hydrogen) atoms. The second-order valence-electron chi connectivity index (χ2n) is 5.01. The average molecular weight is 263 g/mol. The van der Waals surface area contributed by atoms with E-state index < -0.39 is 0 Å². The van der Waals surface area contributed by atoms with E-state index in [1.807, 2.05) is 0 Å². The first-order valence-electron chi connectivity index (χ1n) is 7.37. The zero-order chi connectivity index (χ0) is 13.7. The van der Waals surface area contributed by atoms with Gasteiger partial charge in [0, 0.05) is 31.6 Å². The van der Waals surface area contributed by atoms with Crippen LogP contribution in [0.25, 0.3) is 0 Å². The number of aryl methyl sites for hydroxylation is 1. The topological polar surface area (TPSA) is 53.1 Å². The van der Waals surface area contributed by atoms with Gasteiger partial charge in [-0.15, -0.1) is 0 Å². The Morgan fingerprint density at radius 1 is 1.05 bits per heavy atom. The monoisotopic (exact) mass is 263 g/mol. The highest BCUT2D eigenvalue weighted by Gasteiger charge is 2.14. The van der Waals surface area contributed by atoms with E-state index in [2.05, 4.69) is 46.5 Å². The van der Waals surface area contributed by atoms with E-state index in [-0.39, 0.29) is 0 Å². The molecule has 1 aromatic heterocycles. The molecule has 0 bridgehead atoms. The van der Waals surface area contributed by atoms with E-state index in [0.717, 1.165) is 49.1 Å². The molecule has 0 spiro atoms. The van der Waals surface area contributed by atoms with Crippen LogP contribution >= 0.6 is 0 Å². The van der Waals surface area contributed by atoms with Crippen molar-refractivity contribution in [1.82, 2.24) is 15.0 Å². The number of anilines is 2. The first-order valence-corrected chi connectivity index (χ1v) is 7.37. The second kappa shape index (κ2) is 6.70. The summed E-state index contributed by atoms with van der Waals surface area (Å²) in [5.74, 6) is 2.79. The van der Waals surface area contributed by atoms with Crippen LogP contribution in [0.15, 0.2) is 0 Å². The van der Waals surface area contributed by atoms with Crippen molar-refractivity contribution in [2.24, 2.45) is 0 Å². The number of hydrazine groups is 1. The Morgan fingerprint density at radius 3 is 2.37 bits per heavy atom. The van der Waals surface area contributed by atoms with Crippen molar-refractivity contribution in [3.05, 3.63) is 11.4 Å². The molecule has 5 nitrogen and oxygen atoms in total. The first-order chi connectivity index (χ1) is 9.24. The highest BCUT2D eigenvalue weighted by molar-refractivity contribution is 5.56. The van der Waals surface area contributed by atoms with Crippen LogP contribution in [0.5, 0.6) is 0 Å². The molecule has 0 unspecified atom stereocenters. The van der Waals surface area contributed by atoms with Gasteiger partial charge in [-0.05, 0) is 26.7 Å². The van der Waals surface area contributed by atoms with Crippen molar-refractivity contribution in [2.45, 2.75) is 46.5 Å². The normalized spacial score (nSPS) is 16.4. The van der Waals surface area contributed by atoms with Gasteiger partial charge in [0.2, 0.25) is 0 Å². The highest BCUT2D eigenvalue weighted by Crippen LogP contribution is 2.21. The average Bonchev–Trinajstić information content (AvgIpc) is 2.44. The molecule has 1 aliphatic heterocycles. The Hall–Kier alpha value is -1.36. The standard InChI is InChI=1S/C14H25N5/c1-4-12-16-13(15-5-2)11(3)14(17-12)18-19-9-7-6-8-10-19/h4-10H2,1-3H3,(H2,15,16,17,18). The molecule has 2 rings (SSSR count). The summed E-state index contributed by atoms with van der Waals surface area (Å²) in [6, 6.07) is 0. The summed E-state index contributed by atoms with van der Waals surface area (Å²) in [6.45, 7) is 9.33. The SMILES string of the molecule is CCNc1nc(CC)nc(NN2CCCCC2)c1C. The lowest BCUT2D eigenvalue weighted by Crippen LogP contribution is -2.35. The molecule has 1 saturated heterocycles. The van der Waals surface area contributed by atoms with E-state index >= 15 is 0 Å². The number of hydrogen-bond donors (Lipinski definition) is 2. The summed E-state index contributed by atoms with van der Waals surface area (Å²) in [5.41, 5.74) is 4.57. The Morgan fingerprint density at radius 2 is 1.74 bits per heavy atom. The fourth-order valence-corrected chi connectivity index (χ4v) is 2.32. The Labute approximate surface area is 115 Å². The summed E-state index contributed by atoms with van der Waals surface area (Å²) < 4.78 is 0. The van der Waals surface area contributed by atoms with Gasteiger partial charge < -0.3 is 10.7 Å². The maximum atomic E-state index is 4.62. The van der Waals surface area contributed by atoms with Gasteiger partial charge in [0.1, 0.15) is 17.5 Å². The summed E-state index contributed by atoms with van der Waals surface area (Å²) in [7, 11) is 0. The van der Waals surface area contributed by atoms with Crippen molar-refractivity contribution in [2.75, 3.05) is 30.4 Å². The van der Waals surface area contributed by atoms with Crippen molar-refractivity contribution in [1.29, 1.82) is 0 Å². The van der Waals surface area contributed by atoms with Gasteiger partial charge in [0.25, 0.3) is 0 Å². The quantitative estimate of drug-likeness (QED) is 0.855. The van der Waals surface area contributed by atoms with Crippen LogP contribution in [0.2, 0.25) is 0 Å². The molecule has 1 aromatic rings. The largest absolute Gasteiger partial charge is 0.370 e. The fourth-order valence-electron chi connectivity index (χ4n) is 2.32. The number of nitrogens with zero attached hydrogens (tertiary/aromatic N) is 3. The van der Waals surface area contributed by atoms with Gasteiger partial charge in [-0.25, -0.2) is 15.0 Å². The highest BCUT2D eigenvalue weighted by atomic mass is 15.5. The van der Waals surface area contributed by atoms with Gasteiger partial charge in [-0.2, -0.15) is 0 Å². The van der Waals surface area contributed by atoms with Gasteiger partial charge in [0.15, 0.2) is 0 Å². The van der Waals surface area contributed by atoms with E-state index in [9.17, 15) is 0 Å². The van der Waals surface area contributed by atoms with E-state index in [1.165, 1.54) is 19.3 Å². The third kappa shape index (κ3) is 3.56. The van der Waals surface area contributed by atoms with Gasteiger partial charge in [-0.3, -0.25) is 0 Å². The smallest absolute Gasteiger partial charge is 0.149 e. The van der Waals surface area contributed by atoms with Crippen LogP contribution < -0.4 is 10.7 Å². The van der Waals surface area contributed by atoms with Crippen LogP contribution in [-0.4, -0.2) is 34.6 Å². The molecular weight excluding hydrogens is 238 g/mol. The maximum absolute atomic E-state index is 4.62. The molecule has 2 heterocycles. The van der Waals surface area contributed by atoms with Crippen molar-refractivity contribution >= 4 is 11.6 Å². The molecule has 1 fully saturated rings. The Kier molecular flexibility index (Phi) is 4.96. The van der Waals surface area contributed by atoms with Gasteiger partial charge in [0.05, 0.1) is 0 Å².